The van der Waals surface area contributed by atoms with Gasteiger partial charge in [-0.05, 0) is 52.3 Å². The number of nitrogens with zero attached hydrogens (tertiary/aromatic N) is 3. The first-order chi connectivity index (χ1) is 15.9. The molecule has 0 aromatic heterocycles. The predicted octanol–water partition coefficient (Wildman–Crippen LogP) is 5.88. The van der Waals surface area contributed by atoms with Crippen molar-refractivity contribution in [3.63, 3.8) is 0 Å². The Kier molecular flexibility index (Phi) is 11.6. The first-order valence-corrected chi connectivity index (χ1v) is 11.4. The van der Waals surface area contributed by atoms with Crippen molar-refractivity contribution in [2.24, 2.45) is 4.99 Å². The lowest BCUT2D eigenvalue weighted by molar-refractivity contribution is -0.127. The number of amidine groups is 1. The summed E-state index contributed by atoms with van der Waals surface area (Å²) < 4.78 is 38.9. The van der Waals surface area contributed by atoms with Crippen molar-refractivity contribution in [3.05, 3.63) is 71.8 Å². The molecular formula is C26H37F3N4O. The van der Waals surface area contributed by atoms with Crippen LogP contribution in [0, 0.1) is 0 Å². The number of unbranched alkanes of at least 4 members (excludes halogenated alkanes) is 1. The Morgan fingerprint density at radius 1 is 1.06 bits per heavy atom. The summed E-state index contributed by atoms with van der Waals surface area (Å²) >= 11 is 0. The van der Waals surface area contributed by atoms with Crippen molar-refractivity contribution in [3.8, 4) is 0 Å². The highest BCUT2D eigenvalue weighted by atomic mass is 19.4. The first-order valence-electron chi connectivity index (χ1n) is 11.4. The molecule has 1 amide bonds. The number of nitrogens with one attached hydrogen (secondary N) is 1. The number of hydrogen-bond acceptors (Lipinski definition) is 3. The molecule has 1 heterocycles. The van der Waals surface area contributed by atoms with Gasteiger partial charge in [0.25, 0.3) is 0 Å². The molecule has 0 aliphatic carbocycles. The Balaban J connectivity index is 3.25. The van der Waals surface area contributed by atoms with Crippen LogP contribution in [0.1, 0.15) is 47.5 Å². The van der Waals surface area contributed by atoms with E-state index in [9.17, 15) is 18.0 Å². The molecule has 34 heavy (non-hydrogen) atoms. The van der Waals surface area contributed by atoms with Gasteiger partial charge in [0.1, 0.15) is 0 Å². The van der Waals surface area contributed by atoms with Crippen LogP contribution in [0.4, 0.5) is 13.2 Å². The van der Waals surface area contributed by atoms with Crippen LogP contribution in [-0.2, 0) is 4.79 Å². The quantitative estimate of drug-likeness (QED) is 0.195. The average Bonchev–Trinajstić information content (AvgIpc) is 2.79. The minimum absolute atomic E-state index is 0.117. The van der Waals surface area contributed by atoms with Crippen molar-refractivity contribution in [1.29, 1.82) is 0 Å². The van der Waals surface area contributed by atoms with Gasteiger partial charge in [-0.25, -0.2) is 4.99 Å². The van der Waals surface area contributed by atoms with E-state index in [2.05, 4.69) is 18.5 Å². The van der Waals surface area contributed by atoms with Crippen LogP contribution >= 0.6 is 0 Å². The summed E-state index contributed by atoms with van der Waals surface area (Å²) in [5.74, 6) is 0.476. The topological polar surface area (TPSA) is 47.9 Å². The van der Waals surface area contributed by atoms with Crippen LogP contribution in [0.25, 0.3) is 0 Å². The summed E-state index contributed by atoms with van der Waals surface area (Å²) in [6, 6.07) is 0. The third kappa shape index (κ3) is 9.45. The van der Waals surface area contributed by atoms with E-state index in [1.54, 1.807) is 11.0 Å². The Hall–Kier alpha value is -3.03. The third-order valence-corrected chi connectivity index (χ3v) is 5.34. The van der Waals surface area contributed by atoms with Crippen LogP contribution in [-0.4, -0.2) is 53.9 Å². The molecular weight excluding hydrogens is 441 g/mol. The van der Waals surface area contributed by atoms with Crippen molar-refractivity contribution >= 4 is 11.7 Å². The molecule has 0 saturated carbocycles. The largest absolute Gasteiger partial charge is 0.412 e. The lowest BCUT2D eigenvalue weighted by Gasteiger charge is -2.36. The van der Waals surface area contributed by atoms with Crippen molar-refractivity contribution in [2.75, 3.05) is 26.2 Å². The number of carbonyl (C=O) groups is 1. The molecule has 1 saturated heterocycles. The number of rotatable bonds is 9. The monoisotopic (exact) mass is 478 g/mol. The molecule has 0 bridgehead atoms. The fourth-order valence-electron chi connectivity index (χ4n) is 2.92. The maximum Gasteiger partial charge on any atom is 0.412 e. The number of piperazine rings is 1. The van der Waals surface area contributed by atoms with Gasteiger partial charge in [0.15, 0.2) is 5.84 Å². The van der Waals surface area contributed by atoms with Gasteiger partial charge in [-0.3, -0.25) is 4.79 Å². The van der Waals surface area contributed by atoms with Crippen LogP contribution in [0.2, 0.25) is 0 Å². The molecule has 1 fully saturated rings. The van der Waals surface area contributed by atoms with Gasteiger partial charge >= 0.3 is 6.18 Å². The molecule has 1 N–H and O–H groups in total. The first kappa shape index (κ1) is 29.0. The van der Waals surface area contributed by atoms with Gasteiger partial charge in [0.2, 0.25) is 5.91 Å². The zero-order chi connectivity index (χ0) is 25.9. The van der Waals surface area contributed by atoms with Crippen molar-refractivity contribution < 1.29 is 18.0 Å². The second-order valence-electron chi connectivity index (χ2n) is 8.30. The number of allylic oxidation sites excluding steroid dienone is 7. The average molecular weight is 479 g/mol. The van der Waals surface area contributed by atoms with Gasteiger partial charge in [-0.1, -0.05) is 44.2 Å². The molecule has 5 nitrogen and oxygen atoms in total. The molecule has 0 aromatic rings. The molecule has 1 aliphatic heterocycles. The lowest BCUT2D eigenvalue weighted by atomic mass is 10.2. The van der Waals surface area contributed by atoms with Crippen LogP contribution in [0.5, 0.6) is 0 Å². The summed E-state index contributed by atoms with van der Waals surface area (Å²) in [5.41, 5.74) is 2.11. The van der Waals surface area contributed by atoms with E-state index in [1.165, 1.54) is 12.2 Å². The Morgan fingerprint density at radius 2 is 1.65 bits per heavy atom. The molecule has 0 unspecified atom stereocenters. The Labute approximate surface area is 201 Å². The van der Waals surface area contributed by atoms with E-state index in [0.29, 0.717) is 43.4 Å². The number of amides is 1. The molecule has 0 atom stereocenters. The second kappa shape index (κ2) is 13.6. The molecule has 1 aliphatic rings. The van der Waals surface area contributed by atoms with E-state index >= 15 is 0 Å². The van der Waals surface area contributed by atoms with Gasteiger partial charge in [-0.15, -0.1) is 0 Å². The fourth-order valence-corrected chi connectivity index (χ4v) is 2.92. The lowest BCUT2D eigenvalue weighted by Crippen LogP contribution is -2.51. The van der Waals surface area contributed by atoms with E-state index in [4.69, 9.17) is 4.99 Å². The van der Waals surface area contributed by atoms with E-state index < -0.39 is 11.7 Å². The van der Waals surface area contributed by atoms with Gasteiger partial charge in [0, 0.05) is 43.1 Å². The minimum Gasteiger partial charge on any atom is -0.353 e. The third-order valence-electron chi connectivity index (χ3n) is 5.34. The minimum atomic E-state index is -4.39. The Bertz CT molecular complexity index is 895. The maximum absolute atomic E-state index is 13.0. The van der Waals surface area contributed by atoms with Gasteiger partial charge in [-0.2, -0.15) is 13.2 Å². The highest BCUT2D eigenvalue weighted by Crippen LogP contribution is 2.25. The standard InChI is InChI=1S/C26H37F3N4O/c1-8-10-11-12-23(14-13-20(5)26(27,28)29)30-22(7)25(31-21(6)19(3)4)33-17-15-32(16-18-33)24(34)9-2/h9,11-14,30H,2,7-8,10,15-18H2,1,3-6H3/b12-11+,20-13+,23-14+,31-25+. The number of halogens is 3. The fraction of sp³-hybridized carbons (Fsp3) is 0.462. The number of hydrogen-bond donors (Lipinski definition) is 1. The van der Waals surface area contributed by atoms with E-state index in [0.717, 1.165) is 37.1 Å². The number of aliphatic imine (C=N–C) groups is 1. The number of carbonyl (C=O) groups excluding carboxylic acids is 1. The van der Waals surface area contributed by atoms with Crippen molar-refractivity contribution in [1.82, 2.24) is 15.1 Å². The summed E-state index contributed by atoms with van der Waals surface area (Å²) in [6.07, 6.45) is 4.72. The number of alkyl halides is 3. The normalized spacial score (nSPS) is 16.1. The van der Waals surface area contributed by atoms with E-state index in [-0.39, 0.29) is 5.91 Å². The van der Waals surface area contributed by atoms with E-state index in [1.807, 2.05) is 38.7 Å². The highest BCUT2D eigenvalue weighted by molar-refractivity contribution is 5.98. The smallest absolute Gasteiger partial charge is 0.353 e. The van der Waals surface area contributed by atoms with Crippen LogP contribution in [0.3, 0.4) is 0 Å². The SMILES string of the molecule is C=CC(=O)N1CCN(/C(=N/C(C)=C(C)C)C(=C)NC(/C=C/CCC)=C/C=C(\C)C(F)(F)F)CC1. The molecule has 1 rings (SSSR count). The molecule has 0 spiro atoms. The maximum atomic E-state index is 13.0. The molecule has 0 radical (unpaired) electrons. The predicted molar refractivity (Wildman–Crippen MR) is 134 cm³/mol. The van der Waals surface area contributed by atoms with Crippen molar-refractivity contribution in [2.45, 2.75) is 53.6 Å². The molecule has 188 valence electrons. The van der Waals surface area contributed by atoms with Gasteiger partial charge < -0.3 is 15.1 Å². The summed E-state index contributed by atoms with van der Waals surface area (Å²) in [4.78, 5) is 20.4. The summed E-state index contributed by atoms with van der Waals surface area (Å²) in [6.45, 7) is 18.7. The zero-order valence-electron chi connectivity index (χ0n) is 20.9. The van der Waals surface area contributed by atoms with Gasteiger partial charge in [0.05, 0.1) is 5.70 Å². The second-order valence-corrected chi connectivity index (χ2v) is 8.30. The summed E-state index contributed by atoms with van der Waals surface area (Å²) in [7, 11) is 0. The van der Waals surface area contributed by atoms with Crippen LogP contribution < -0.4 is 5.32 Å². The molecule has 8 heteroatoms. The Morgan fingerprint density at radius 3 is 2.15 bits per heavy atom. The molecule has 0 aromatic carbocycles. The van der Waals surface area contributed by atoms with Crippen LogP contribution in [0.15, 0.2) is 76.8 Å². The highest BCUT2D eigenvalue weighted by Gasteiger charge is 2.29. The summed E-state index contributed by atoms with van der Waals surface area (Å²) in [5, 5.41) is 3.15. The zero-order valence-corrected chi connectivity index (χ0v) is 20.9.